The molecule has 0 saturated carbocycles. The fourth-order valence-corrected chi connectivity index (χ4v) is 7.14. The average Bonchev–Trinajstić information content (AvgIpc) is 3.56. The van der Waals surface area contributed by atoms with Gasteiger partial charge in [-0.3, -0.25) is 0 Å². The monoisotopic (exact) mass is 542 g/mol. The van der Waals surface area contributed by atoms with E-state index in [2.05, 4.69) is 28.7 Å². The van der Waals surface area contributed by atoms with Crippen molar-refractivity contribution in [1.29, 1.82) is 0 Å². The Hall–Kier alpha value is -3.05. The first kappa shape index (κ1) is 22.4. The van der Waals surface area contributed by atoms with E-state index in [-0.39, 0.29) is 0 Å². The third kappa shape index (κ3) is 4.06. The number of anilines is 3. The van der Waals surface area contributed by atoms with Gasteiger partial charge in [0.25, 0.3) is 0 Å². The average molecular weight is 543 g/mol. The zero-order valence-corrected chi connectivity index (χ0v) is 21.9. The number of hydrogen-bond donors (Lipinski definition) is 2. The lowest BCUT2D eigenvalue weighted by Crippen LogP contribution is -2.16. The molecule has 2 aromatic carbocycles. The van der Waals surface area contributed by atoms with Gasteiger partial charge in [0.2, 0.25) is 5.75 Å². The number of aryl methyl sites for hydroxylation is 1. The van der Waals surface area contributed by atoms with Crippen molar-refractivity contribution < 1.29 is 14.2 Å². The summed E-state index contributed by atoms with van der Waals surface area (Å²) in [4.78, 5) is 11.4. The number of nitrogen functional groups attached to an aromatic ring is 1. The summed E-state index contributed by atoms with van der Waals surface area (Å²) in [7, 11) is 1.60. The van der Waals surface area contributed by atoms with Crippen molar-refractivity contribution in [3.05, 3.63) is 46.3 Å². The second-order valence-corrected chi connectivity index (χ2v) is 11.1. The number of halogens is 1. The lowest BCUT2D eigenvalue weighted by atomic mass is 10.1. The molecule has 6 rings (SSSR count). The molecule has 0 saturated heterocycles. The molecule has 0 spiro atoms. The largest absolute Gasteiger partial charge is 0.493 e. The molecule has 1 aliphatic rings. The summed E-state index contributed by atoms with van der Waals surface area (Å²) in [5.41, 5.74) is 9.17. The number of fused-ring (bicyclic) bond motifs is 2. The van der Waals surface area contributed by atoms with Crippen LogP contribution >= 0.6 is 45.6 Å². The summed E-state index contributed by atoms with van der Waals surface area (Å²) in [6.45, 7) is 3.09. The van der Waals surface area contributed by atoms with Gasteiger partial charge in [-0.15, -0.1) is 22.7 Å². The van der Waals surface area contributed by atoms with Crippen molar-refractivity contribution in [1.82, 2.24) is 9.97 Å². The molecule has 35 heavy (non-hydrogen) atoms. The Balaban J connectivity index is 1.30. The Bertz CT molecular complexity index is 1560. The molecule has 3 N–H and O–H groups in total. The maximum atomic E-state index is 6.29. The van der Waals surface area contributed by atoms with Crippen LogP contribution in [0.25, 0.3) is 30.5 Å². The number of hydrogen-bond acceptors (Lipinski definition) is 10. The quantitative estimate of drug-likeness (QED) is 0.242. The van der Waals surface area contributed by atoms with Crippen molar-refractivity contribution in [3.8, 4) is 37.7 Å². The lowest BCUT2D eigenvalue weighted by molar-refractivity contribution is 0.165. The van der Waals surface area contributed by atoms with Gasteiger partial charge in [-0.25, -0.2) is 9.97 Å². The van der Waals surface area contributed by atoms with Gasteiger partial charge in [-0.1, -0.05) is 22.9 Å². The third-order valence-electron chi connectivity index (χ3n) is 5.56. The van der Waals surface area contributed by atoms with Gasteiger partial charge in [0.05, 0.1) is 17.7 Å². The van der Waals surface area contributed by atoms with Gasteiger partial charge in [-0.05, 0) is 36.1 Å². The molecule has 0 radical (unpaired) electrons. The first-order valence-corrected chi connectivity index (χ1v) is 13.5. The van der Waals surface area contributed by atoms with Crippen LogP contribution in [0.4, 0.5) is 16.6 Å². The van der Waals surface area contributed by atoms with E-state index < -0.39 is 0 Å². The molecule has 178 valence electrons. The molecule has 0 bridgehead atoms. The number of benzene rings is 2. The third-order valence-corrected chi connectivity index (χ3v) is 9.07. The highest BCUT2D eigenvalue weighted by molar-refractivity contribution is 7.24. The topological polar surface area (TPSA) is 91.5 Å². The highest BCUT2D eigenvalue weighted by Gasteiger charge is 2.21. The second kappa shape index (κ2) is 8.87. The van der Waals surface area contributed by atoms with Gasteiger partial charge in [0.1, 0.15) is 28.9 Å². The van der Waals surface area contributed by atoms with Crippen LogP contribution in [0.3, 0.4) is 0 Å². The van der Waals surface area contributed by atoms with Crippen LogP contribution < -0.4 is 25.3 Å². The highest BCUT2D eigenvalue weighted by atomic mass is 35.5. The lowest BCUT2D eigenvalue weighted by Gasteiger charge is -2.21. The van der Waals surface area contributed by atoms with Crippen LogP contribution in [0.5, 0.6) is 17.2 Å². The first-order valence-electron chi connectivity index (χ1n) is 10.7. The number of thiazole rings is 2. The summed E-state index contributed by atoms with van der Waals surface area (Å²) in [5, 5.41) is 8.75. The molecule has 0 atom stereocenters. The fourth-order valence-electron chi connectivity index (χ4n) is 3.93. The van der Waals surface area contributed by atoms with E-state index in [1.807, 2.05) is 24.3 Å². The van der Waals surface area contributed by atoms with Crippen LogP contribution in [0.1, 0.15) is 5.56 Å². The summed E-state index contributed by atoms with van der Waals surface area (Å²) in [5.74, 6) is 2.27. The van der Waals surface area contributed by atoms with E-state index in [4.69, 9.17) is 36.5 Å². The number of ether oxygens (including phenoxy) is 3. The Morgan fingerprint density at radius 3 is 2.80 bits per heavy atom. The molecule has 1 aliphatic heterocycles. The summed E-state index contributed by atoms with van der Waals surface area (Å²) < 4.78 is 18.1. The van der Waals surface area contributed by atoms with Crippen molar-refractivity contribution in [3.63, 3.8) is 0 Å². The molecule has 11 heteroatoms. The van der Waals surface area contributed by atoms with Crippen LogP contribution in [0, 0.1) is 6.92 Å². The maximum absolute atomic E-state index is 6.29. The molecule has 5 aromatic rings. The van der Waals surface area contributed by atoms with Crippen molar-refractivity contribution in [2.24, 2.45) is 0 Å². The maximum Gasteiger partial charge on any atom is 0.203 e. The summed E-state index contributed by atoms with van der Waals surface area (Å²) >= 11 is 10.9. The minimum atomic E-state index is 0.433. The number of nitrogens with one attached hydrogen (secondary N) is 1. The second-order valence-electron chi connectivity index (χ2n) is 7.80. The van der Waals surface area contributed by atoms with E-state index in [0.717, 1.165) is 36.6 Å². The van der Waals surface area contributed by atoms with E-state index in [0.29, 0.717) is 41.4 Å². The number of rotatable bonds is 5. The van der Waals surface area contributed by atoms with Crippen molar-refractivity contribution in [2.75, 3.05) is 31.4 Å². The molecule has 0 aliphatic carbocycles. The zero-order valence-electron chi connectivity index (χ0n) is 18.7. The predicted molar refractivity (Wildman–Crippen MR) is 145 cm³/mol. The normalized spacial score (nSPS) is 12.8. The number of aromatic nitrogens is 2. The minimum absolute atomic E-state index is 0.433. The Labute approximate surface area is 218 Å². The number of methoxy groups -OCH3 is 1. The van der Waals surface area contributed by atoms with E-state index >= 15 is 0 Å². The molecule has 0 unspecified atom stereocenters. The van der Waals surface area contributed by atoms with E-state index in [1.165, 1.54) is 21.6 Å². The molecular formula is C24H19ClN4O3S3. The molecule has 0 fully saturated rings. The molecule has 7 nitrogen and oxygen atoms in total. The fraction of sp³-hybridized carbons (Fsp3) is 0.167. The number of nitrogens with zero attached hydrogens (tertiary/aromatic N) is 2. The van der Waals surface area contributed by atoms with Gasteiger partial charge < -0.3 is 25.3 Å². The van der Waals surface area contributed by atoms with E-state index in [9.17, 15) is 0 Å². The smallest absolute Gasteiger partial charge is 0.203 e. The Morgan fingerprint density at radius 1 is 1.09 bits per heavy atom. The van der Waals surface area contributed by atoms with Crippen molar-refractivity contribution >= 4 is 72.3 Å². The molecule has 4 heterocycles. The van der Waals surface area contributed by atoms with Gasteiger partial charge in [-0.2, -0.15) is 0 Å². The summed E-state index contributed by atoms with van der Waals surface area (Å²) in [6.07, 6.45) is 0. The zero-order chi connectivity index (χ0) is 24.1. The number of nitrogens with two attached hydrogens (primary N) is 1. The van der Waals surface area contributed by atoms with Crippen LogP contribution in [-0.4, -0.2) is 30.3 Å². The van der Waals surface area contributed by atoms with Crippen LogP contribution in [-0.2, 0) is 0 Å². The molecule has 0 amide bonds. The van der Waals surface area contributed by atoms with Gasteiger partial charge >= 0.3 is 0 Å². The number of thiophene rings is 1. The first-order chi connectivity index (χ1) is 17.0. The predicted octanol–water partition coefficient (Wildman–Crippen LogP) is 7.22. The van der Waals surface area contributed by atoms with E-state index in [1.54, 1.807) is 29.8 Å². The van der Waals surface area contributed by atoms with Gasteiger partial charge in [0.15, 0.2) is 16.6 Å². The Morgan fingerprint density at radius 2 is 1.94 bits per heavy atom. The van der Waals surface area contributed by atoms with Crippen molar-refractivity contribution in [2.45, 2.75) is 6.92 Å². The molecule has 3 aromatic heterocycles. The van der Waals surface area contributed by atoms with Gasteiger partial charge in [0, 0.05) is 32.9 Å². The summed E-state index contributed by atoms with van der Waals surface area (Å²) in [6, 6.07) is 9.69. The standard InChI is InChI=1S/C24H19ClN4O3S3/c1-11-14-7-12(25)3-4-18(14)34-20(11)15-10-33-23(28-15)21-22(26)29-24(35-21)27-13-8-16(30-2)19-17(9-13)31-5-6-32-19/h3-4,7-10H,5-6,26H2,1-2H3,(H,27,29). The Kier molecular flexibility index (Phi) is 5.68. The van der Waals surface area contributed by atoms with Crippen LogP contribution in [0.15, 0.2) is 35.7 Å². The molecular weight excluding hydrogens is 524 g/mol. The SMILES string of the molecule is COc1cc(Nc2nc(N)c(-c3nc(-c4sc5ccc(Cl)cc5c4C)cs3)s2)cc2c1OCCO2. The van der Waals surface area contributed by atoms with Crippen LogP contribution in [0.2, 0.25) is 5.02 Å². The minimum Gasteiger partial charge on any atom is -0.493 e. The highest BCUT2D eigenvalue weighted by Crippen LogP contribution is 2.45.